The molecule has 0 bridgehead atoms. The first kappa shape index (κ1) is 15.6. The standard InChI is InChI=1S/C24H18ClN/c25-19-10-11-21-20-8-4-5-9-22(20)24(23(21)16-19,17-6-2-1-3-7-17)18-12-14-26-15-13-18/h1-8,10-16,22H,9H2. The number of nitrogens with zero attached hydrogens (tertiary/aromatic N) is 1. The van der Waals surface area contributed by atoms with E-state index in [1.54, 1.807) is 0 Å². The van der Waals surface area contributed by atoms with E-state index in [1.165, 1.54) is 27.8 Å². The van der Waals surface area contributed by atoms with Crippen LogP contribution < -0.4 is 0 Å². The lowest BCUT2D eigenvalue weighted by Gasteiger charge is -2.38. The molecular weight excluding hydrogens is 338 g/mol. The topological polar surface area (TPSA) is 12.9 Å². The van der Waals surface area contributed by atoms with Crippen LogP contribution in [-0.4, -0.2) is 4.98 Å². The predicted octanol–water partition coefficient (Wildman–Crippen LogP) is 6.04. The Morgan fingerprint density at radius 3 is 2.50 bits per heavy atom. The van der Waals surface area contributed by atoms with Gasteiger partial charge in [-0.1, -0.05) is 66.2 Å². The maximum Gasteiger partial charge on any atom is 0.0530 e. The molecule has 0 saturated heterocycles. The second-order valence-corrected chi connectivity index (χ2v) is 7.37. The summed E-state index contributed by atoms with van der Waals surface area (Å²) in [5.74, 6) is 0.353. The number of hydrogen-bond acceptors (Lipinski definition) is 1. The molecule has 2 aliphatic carbocycles. The molecule has 2 aliphatic rings. The molecule has 0 fully saturated rings. The van der Waals surface area contributed by atoms with Crippen molar-refractivity contribution in [2.24, 2.45) is 5.92 Å². The highest BCUT2D eigenvalue weighted by atomic mass is 35.5. The van der Waals surface area contributed by atoms with E-state index in [4.69, 9.17) is 11.6 Å². The van der Waals surface area contributed by atoms with Crippen molar-refractivity contribution >= 4 is 17.2 Å². The number of aromatic nitrogens is 1. The van der Waals surface area contributed by atoms with Crippen LogP contribution in [0, 0.1) is 5.92 Å². The molecule has 2 atom stereocenters. The smallest absolute Gasteiger partial charge is 0.0530 e. The van der Waals surface area contributed by atoms with Crippen LogP contribution in [0.5, 0.6) is 0 Å². The van der Waals surface area contributed by atoms with Gasteiger partial charge in [0.2, 0.25) is 0 Å². The quantitative estimate of drug-likeness (QED) is 0.546. The van der Waals surface area contributed by atoms with E-state index in [2.05, 4.69) is 77.8 Å². The van der Waals surface area contributed by atoms with Gasteiger partial charge in [-0.15, -0.1) is 0 Å². The SMILES string of the molecule is Clc1ccc2c(c1)C(c1ccccc1)(c1ccncc1)C1CC=CC=C21. The molecule has 0 amide bonds. The second kappa shape index (κ2) is 5.96. The third-order valence-electron chi connectivity index (χ3n) is 5.76. The average Bonchev–Trinajstić information content (AvgIpc) is 3.00. The largest absolute Gasteiger partial charge is 0.265 e. The average molecular weight is 356 g/mol. The molecule has 5 rings (SSSR count). The molecule has 2 aromatic carbocycles. The highest BCUT2D eigenvalue weighted by Crippen LogP contribution is 2.59. The van der Waals surface area contributed by atoms with Crippen molar-refractivity contribution in [1.82, 2.24) is 4.98 Å². The van der Waals surface area contributed by atoms with Gasteiger partial charge >= 0.3 is 0 Å². The minimum absolute atomic E-state index is 0.249. The van der Waals surface area contributed by atoms with Crippen LogP contribution in [-0.2, 0) is 5.41 Å². The maximum absolute atomic E-state index is 6.48. The van der Waals surface area contributed by atoms with Gasteiger partial charge in [0.05, 0.1) is 5.41 Å². The van der Waals surface area contributed by atoms with E-state index in [0.29, 0.717) is 5.92 Å². The summed E-state index contributed by atoms with van der Waals surface area (Å²) in [4.78, 5) is 4.26. The Bertz CT molecular complexity index is 979. The van der Waals surface area contributed by atoms with Crippen LogP contribution in [0.25, 0.3) is 5.57 Å². The molecule has 0 saturated carbocycles. The summed E-state index contributed by atoms with van der Waals surface area (Å²) in [6, 6.07) is 21.5. The Labute approximate surface area is 158 Å². The van der Waals surface area contributed by atoms with Crippen molar-refractivity contribution in [2.45, 2.75) is 11.8 Å². The predicted molar refractivity (Wildman–Crippen MR) is 107 cm³/mol. The van der Waals surface area contributed by atoms with Crippen LogP contribution in [0.15, 0.2) is 91.3 Å². The number of benzene rings is 2. The Hall–Kier alpha value is -2.64. The molecule has 26 heavy (non-hydrogen) atoms. The minimum Gasteiger partial charge on any atom is -0.265 e. The Balaban J connectivity index is 1.92. The molecule has 0 spiro atoms. The van der Waals surface area contributed by atoms with Gasteiger partial charge in [0.15, 0.2) is 0 Å². The molecule has 3 aromatic rings. The van der Waals surface area contributed by atoms with Gasteiger partial charge in [0.25, 0.3) is 0 Å². The fraction of sp³-hybridized carbons (Fsp3) is 0.125. The van der Waals surface area contributed by atoms with E-state index in [0.717, 1.165) is 11.4 Å². The molecule has 1 nitrogen and oxygen atoms in total. The molecular formula is C24H18ClN. The molecule has 0 radical (unpaired) electrons. The molecule has 2 heteroatoms. The van der Waals surface area contributed by atoms with Crippen LogP contribution in [0.2, 0.25) is 5.02 Å². The molecule has 2 unspecified atom stereocenters. The van der Waals surface area contributed by atoms with Gasteiger partial charge in [-0.3, -0.25) is 4.98 Å². The second-order valence-electron chi connectivity index (χ2n) is 6.94. The van der Waals surface area contributed by atoms with Gasteiger partial charge in [0, 0.05) is 23.3 Å². The lowest BCUT2D eigenvalue weighted by atomic mass is 9.63. The van der Waals surface area contributed by atoms with Gasteiger partial charge in [-0.05, 0) is 58.5 Å². The minimum atomic E-state index is -0.249. The monoisotopic (exact) mass is 355 g/mol. The van der Waals surface area contributed by atoms with Crippen molar-refractivity contribution < 1.29 is 0 Å². The van der Waals surface area contributed by atoms with E-state index in [9.17, 15) is 0 Å². The first-order chi connectivity index (χ1) is 12.8. The summed E-state index contributed by atoms with van der Waals surface area (Å²) in [7, 11) is 0. The van der Waals surface area contributed by atoms with Crippen LogP contribution in [0.1, 0.15) is 28.7 Å². The highest BCUT2D eigenvalue weighted by Gasteiger charge is 2.51. The van der Waals surface area contributed by atoms with Crippen molar-refractivity contribution in [3.63, 3.8) is 0 Å². The highest BCUT2D eigenvalue weighted by molar-refractivity contribution is 6.30. The molecule has 126 valence electrons. The number of halogens is 1. The molecule has 0 aliphatic heterocycles. The van der Waals surface area contributed by atoms with Crippen LogP contribution in [0.3, 0.4) is 0 Å². The summed E-state index contributed by atoms with van der Waals surface area (Å²) >= 11 is 6.48. The number of fused-ring (bicyclic) bond motifs is 3. The Morgan fingerprint density at radius 2 is 1.69 bits per heavy atom. The number of pyridine rings is 1. The zero-order valence-electron chi connectivity index (χ0n) is 14.3. The summed E-state index contributed by atoms with van der Waals surface area (Å²) in [5, 5.41) is 0.783. The van der Waals surface area contributed by atoms with Crippen molar-refractivity contribution in [2.75, 3.05) is 0 Å². The third kappa shape index (κ3) is 2.07. The third-order valence-corrected chi connectivity index (χ3v) is 6.00. The maximum atomic E-state index is 6.48. The zero-order chi connectivity index (χ0) is 17.6. The van der Waals surface area contributed by atoms with Crippen molar-refractivity contribution in [3.05, 3.63) is 119 Å². The van der Waals surface area contributed by atoms with Gasteiger partial charge in [0.1, 0.15) is 0 Å². The summed E-state index contributed by atoms with van der Waals surface area (Å²) in [6.45, 7) is 0. The summed E-state index contributed by atoms with van der Waals surface area (Å²) < 4.78 is 0. The van der Waals surface area contributed by atoms with Gasteiger partial charge in [-0.2, -0.15) is 0 Å². The van der Waals surface area contributed by atoms with Crippen LogP contribution in [0.4, 0.5) is 0 Å². The number of allylic oxidation sites excluding steroid dienone is 4. The summed E-state index contributed by atoms with van der Waals surface area (Å²) in [5.41, 5.74) is 6.33. The first-order valence-corrected chi connectivity index (χ1v) is 9.33. The fourth-order valence-electron chi connectivity index (χ4n) is 4.80. The number of rotatable bonds is 2. The Kier molecular flexibility index (Phi) is 3.58. The number of hydrogen-bond donors (Lipinski definition) is 0. The molecule has 0 N–H and O–H groups in total. The van der Waals surface area contributed by atoms with E-state index in [1.807, 2.05) is 18.5 Å². The van der Waals surface area contributed by atoms with Crippen molar-refractivity contribution in [1.29, 1.82) is 0 Å². The zero-order valence-corrected chi connectivity index (χ0v) is 15.0. The Morgan fingerprint density at radius 1 is 0.923 bits per heavy atom. The molecule has 1 heterocycles. The van der Waals surface area contributed by atoms with Crippen molar-refractivity contribution in [3.8, 4) is 0 Å². The fourth-order valence-corrected chi connectivity index (χ4v) is 4.97. The first-order valence-electron chi connectivity index (χ1n) is 8.95. The van der Waals surface area contributed by atoms with E-state index >= 15 is 0 Å². The van der Waals surface area contributed by atoms with E-state index in [-0.39, 0.29) is 5.41 Å². The van der Waals surface area contributed by atoms with E-state index < -0.39 is 0 Å². The normalized spacial score (nSPS) is 23.3. The summed E-state index contributed by atoms with van der Waals surface area (Å²) in [6.07, 6.45) is 11.5. The lowest BCUT2D eigenvalue weighted by Crippen LogP contribution is -2.34. The van der Waals surface area contributed by atoms with Gasteiger partial charge in [-0.25, -0.2) is 0 Å². The lowest BCUT2D eigenvalue weighted by molar-refractivity contribution is 0.484. The molecule has 1 aromatic heterocycles. The van der Waals surface area contributed by atoms with Crippen LogP contribution >= 0.6 is 11.6 Å². The van der Waals surface area contributed by atoms with Gasteiger partial charge < -0.3 is 0 Å².